The first-order chi connectivity index (χ1) is 20.9. The van der Waals surface area contributed by atoms with Crippen molar-refractivity contribution in [1.29, 1.82) is 0 Å². The number of pyridine rings is 2. The molecule has 6 aromatic rings. The number of halogens is 1. The number of fused-ring (bicyclic) bond motifs is 2. The predicted octanol–water partition coefficient (Wildman–Crippen LogP) is 5.21. The second-order valence-corrected chi connectivity index (χ2v) is 10.1. The summed E-state index contributed by atoms with van der Waals surface area (Å²) in [5.74, 6) is 1.09. The Hall–Kier alpha value is -5.29. The molecular formula is C31H25ClN6O5. The summed E-state index contributed by atoms with van der Waals surface area (Å²) in [6.07, 6.45) is 4.61. The van der Waals surface area contributed by atoms with Crippen molar-refractivity contribution in [2.24, 2.45) is 7.05 Å². The normalized spacial score (nSPS) is 11.1. The largest absolute Gasteiger partial charge is 0.487 e. The van der Waals surface area contributed by atoms with Crippen LogP contribution in [0.25, 0.3) is 21.8 Å². The number of benzene rings is 2. The van der Waals surface area contributed by atoms with Crippen LogP contribution in [-0.4, -0.2) is 49.2 Å². The van der Waals surface area contributed by atoms with Crippen LogP contribution in [0.3, 0.4) is 0 Å². The summed E-state index contributed by atoms with van der Waals surface area (Å²) >= 11 is 6.23. The number of rotatable bonds is 11. The van der Waals surface area contributed by atoms with Gasteiger partial charge < -0.3 is 14.2 Å². The van der Waals surface area contributed by atoms with Crippen LogP contribution >= 0.6 is 11.6 Å². The molecule has 12 heteroatoms. The highest BCUT2D eigenvalue weighted by Gasteiger charge is 2.13. The van der Waals surface area contributed by atoms with E-state index in [0.717, 1.165) is 32.9 Å². The van der Waals surface area contributed by atoms with Gasteiger partial charge in [-0.2, -0.15) is 10.2 Å². The van der Waals surface area contributed by atoms with Gasteiger partial charge in [0.1, 0.15) is 30.4 Å². The van der Waals surface area contributed by atoms with Crippen LogP contribution in [-0.2, 0) is 26.8 Å². The van der Waals surface area contributed by atoms with E-state index < -0.39 is 0 Å². The van der Waals surface area contributed by atoms with Gasteiger partial charge in [-0.3, -0.25) is 19.0 Å². The summed E-state index contributed by atoms with van der Waals surface area (Å²) in [5, 5.41) is 10.9. The Bertz CT molecular complexity index is 1990. The number of nitrogens with zero attached hydrogens (tertiary/aromatic N) is 6. The first-order valence-corrected chi connectivity index (χ1v) is 13.6. The maximum Gasteiger partial charge on any atom is 0.213 e. The number of methoxy groups -OCH3 is 1. The van der Waals surface area contributed by atoms with Gasteiger partial charge in [0.05, 0.1) is 48.3 Å². The fourth-order valence-electron chi connectivity index (χ4n) is 4.75. The maximum atomic E-state index is 11.9. The average molecular weight is 597 g/mol. The molecule has 0 saturated carbocycles. The lowest BCUT2D eigenvalue weighted by molar-refractivity contribution is 0.110. The lowest BCUT2D eigenvalue weighted by Gasteiger charge is -2.11. The molecule has 43 heavy (non-hydrogen) atoms. The molecule has 0 saturated heterocycles. The number of aldehydes is 2. The molecular weight excluding hydrogens is 572 g/mol. The van der Waals surface area contributed by atoms with E-state index in [0.29, 0.717) is 52.9 Å². The minimum Gasteiger partial charge on any atom is -0.487 e. The van der Waals surface area contributed by atoms with E-state index in [9.17, 15) is 9.59 Å². The summed E-state index contributed by atoms with van der Waals surface area (Å²) in [6.45, 7) is 0.839. The van der Waals surface area contributed by atoms with Crippen LogP contribution in [0, 0.1) is 0 Å². The Morgan fingerprint density at radius 2 is 1.65 bits per heavy atom. The van der Waals surface area contributed by atoms with Crippen molar-refractivity contribution in [3.8, 4) is 17.4 Å². The Morgan fingerprint density at radius 3 is 2.42 bits per heavy atom. The lowest BCUT2D eigenvalue weighted by atomic mass is 10.1. The zero-order valence-electron chi connectivity index (χ0n) is 23.2. The standard InChI is InChI=1S/C31H25ClN6O5/c1-37-27-7-4-20(10-24(27)31(32)36-37)18-42-28-8-5-23(35-25(28)16-40)14-38-26-6-3-19(9-21(26)12-34-38)17-43-29-13-33-30(41-2)11-22(29)15-39/h3-13,15-16H,14,17-18H2,1-2H3. The third-order valence-corrected chi connectivity index (χ3v) is 7.22. The van der Waals surface area contributed by atoms with Gasteiger partial charge in [-0.05, 0) is 47.5 Å². The molecule has 0 fully saturated rings. The van der Waals surface area contributed by atoms with Gasteiger partial charge in [0.2, 0.25) is 5.88 Å². The van der Waals surface area contributed by atoms with Crippen molar-refractivity contribution in [2.45, 2.75) is 19.8 Å². The third-order valence-electron chi connectivity index (χ3n) is 6.94. The van der Waals surface area contributed by atoms with Crippen LogP contribution in [0.15, 0.2) is 67.0 Å². The van der Waals surface area contributed by atoms with Crippen molar-refractivity contribution >= 4 is 46.0 Å². The molecule has 11 nitrogen and oxygen atoms in total. The number of hydrogen-bond acceptors (Lipinski definition) is 9. The topological polar surface area (TPSA) is 123 Å². The number of hydrogen-bond donors (Lipinski definition) is 0. The molecule has 4 heterocycles. The molecule has 0 aliphatic carbocycles. The van der Waals surface area contributed by atoms with Gasteiger partial charge in [0.15, 0.2) is 17.7 Å². The molecule has 0 amide bonds. The summed E-state index contributed by atoms with van der Waals surface area (Å²) < 4.78 is 20.4. The summed E-state index contributed by atoms with van der Waals surface area (Å²) in [4.78, 5) is 31.9. The van der Waals surface area contributed by atoms with E-state index in [4.69, 9.17) is 25.8 Å². The predicted molar refractivity (Wildman–Crippen MR) is 159 cm³/mol. The first kappa shape index (κ1) is 27.9. The molecule has 0 radical (unpaired) electrons. The minimum absolute atomic E-state index is 0.205. The molecule has 0 spiro atoms. The molecule has 2 aromatic carbocycles. The van der Waals surface area contributed by atoms with E-state index in [1.807, 2.05) is 54.2 Å². The molecule has 6 rings (SSSR count). The molecule has 0 N–H and O–H groups in total. The SMILES string of the molecule is COc1cc(C=O)c(OCc2ccc3c(cnn3Cc3ccc(OCc4ccc5c(c4)c(Cl)nn5C)c(C=O)n3)c2)cn1. The fraction of sp³-hybridized carbons (Fsp3) is 0.161. The van der Waals surface area contributed by atoms with Gasteiger partial charge in [-0.25, -0.2) is 9.97 Å². The van der Waals surface area contributed by atoms with Gasteiger partial charge in [-0.15, -0.1) is 0 Å². The molecule has 4 aromatic heterocycles. The van der Waals surface area contributed by atoms with Gasteiger partial charge >= 0.3 is 0 Å². The summed E-state index contributed by atoms with van der Waals surface area (Å²) in [6, 6.07) is 16.7. The lowest BCUT2D eigenvalue weighted by Crippen LogP contribution is -2.07. The first-order valence-electron chi connectivity index (χ1n) is 13.2. The Morgan fingerprint density at radius 1 is 0.884 bits per heavy atom. The maximum absolute atomic E-state index is 11.9. The number of aromatic nitrogens is 6. The highest BCUT2D eigenvalue weighted by Crippen LogP contribution is 2.26. The van der Waals surface area contributed by atoms with Gasteiger partial charge in [0, 0.05) is 23.9 Å². The van der Waals surface area contributed by atoms with Crippen LogP contribution < -0.4 is 14.2 Å². The molecule has 0 aliphatic heterocycles. The quantitative estimate of drug-likeness (QED) is 0.185. The van der Waals surface area contributed by atoms with Crippen LogP contribution in [0.5, 0.6) is 17.4 Å². The highest BCUT2D eigenvalue weighted by atomic mass is 35.5. The number of aryl methyl sites for hydroxylation is 1. The highest BCUT2D eigenvalue weighted by molar-refractivity contribution is 6.34. The van der Waals surface area contributed by atoms with E-state index in [1.165, 1.54) is 19.4 Å². The Kier molecular flexibility index (Phi) is 7.71. The minimum atomic E-state index is 0.205. The van der Waals surface area contributed by atoms with Crippen LogP contribution in [0.4, 0.5) is 0 Å². The molecule has 0 unspecified atom stereocenters. The Labute approximate surface area is 250 Å². The summed E-state index contributed by atoms with van der Waals surface area (Å²) in [7, 11) is 3.32. The van der Waals surface area contributed by atoms with E-state index in [2.05, 4.69) is 20.2 Å². The summed E-state index contributed by atoms with van der Waals surface area (Å²) in [5.41, 5.74) is 4.82. The molecule has 0 aliphatic rings. The van der Waals surface area contributed by atoms with Gasteiger partial charge in [-0.1, -0.05) is 23.7 Å². The second kappa shape index (κ2) is 11.9. The Balaban J connectivity index is 1.13. The van der Waals surface area contributed by atoms with E-state index in [-0.39, 0.29) is 18.9 Å². The smallest absolute Gasteiger partial charge is 0.213 e. The zero-order valence-corrected chi connectivity index (χ0v) is 24.0. The molecule has 0 atom stereocenters. The van der Waals surface area contributed by atoms with E-state index in [1.54, 1.807) is 16.9 Å². The second-order valence-electron chi connectivity index (χ2n) is 9.72. The van der Waals surface area contributed by atoms with Crippen molar-refractivity contribution in [1.82, 2.24) is 29.5 Å². The zero-order chi connectivity index (χ0) is 29.9. The number of ether oxygens (including phenoxy) is 3. The number of carbonyl (C=O) groups excluding carboxylic acids is 2. The number of carbonyl (C=O) groups is 2. The van der Waals surface area contributed by atoms with Crippen molar-refractivity contribution in [3.05, 3.63) is 100 Å². The third kappa shape index (κ3) is 5.75. The van der Waals surface area contributed by atoms with Crippen molar-refractivity contribution in [3.63, 3.8) is 0 Å². The van der Waals surface area contributed by atoms with Gasteiger partial charge in [0.25, 0.3) is 0 Å². The van der Waals surface area contributed by atoms with Crippen molar-refractivity contribution < 1.29 is 23.8 Å². The van der Waals surface area contributed by atoms with Crippen LogP contribution in [0.2, 0.25) is 5.15 Å². The van der Waals surface area contributed by atoms with Crippen LogP contribution in [0.1, 0.15) is 37.7 Å². The van der Waals surface area contributed by atoms with E-state index >= 15 is 0 Å². The monoisotopic (exact) mass is 596 g/mol. The molecule has 216 valence electrons. The average Bonchev–Trinajstić information content (AvgIpc) is 3.57. The van der Waals surface area contributed by atoms with Crippen molar-refractivity contribution in [2.75, 3.05) is 7.11 Å². The molecule has 0 bridgehead atoms. The fourth-order valence-corrected chi connectivity index (χ4v) is 5.01.